The van der Waals surface area contributed by atoms with Gasteiger partial charge in [-0.2, -0.15) is 23.8 Å². The quantitative estimate of drug-likeness (QED) is 0.366. The molecule has 1 aromatic carbocycles. The van der Waals surface area contributed by atoms with Crippen molar-refractivity contribution >= 4 is 5.69 Å². The van der Waals surface area contributed by atoms with E-state index in [1.165, 1.54) is 11.1 Å². The molecule has 2 heteroatoms. The average molecular weight is 187 g/mol. The van der Waals surface area contributed by atoms with Gasteiger partial charge in [-0.25, -0.2) is 0 Å². The Balaban J connectivity index is 0.00000121. The van der Waals surface area contributed by atoms with Crippen LogP contribution in [0.15, 0.2) is 12.1 Å². The minimum absolute atomic E-state index is 0. The molecule has 0 heterocycles. The van der Waals surface area contributed by atoms with Crippen molar-refractivity contribution in [3.63, 3.8) is 0 Å². The van der Waals surface area contributed by atoms with E-state index in [2.05, 4.69) is 26.0 Å². The van der Waals surface area contributed by atoms with E-state index >= 15 is 0 Å². The summed E-state index contributed by atoms with van der Waals surface area (Å²) in [6, 6.07) is 7.14. The van der Waals surface area contributed by atoms with Crippen LogP contribution < -0.4 is 57.1 Å². The summed E-state index contributed by atoms with van der Waals surface area (Å²) >= 11 is 0. The molecule has 0 aromatic heterocycles. The molecule has 1 aromatic rings. The normalized spacial score (nSPS) is 9.17. The first-order valence-electron chi connectivity index (χ1n) is 4.06. The molecule has 0 aliphatic carbocycles. The van der Waals surface area contributed by atoms with Crippen molar-refractivity contribution in [1.29, 1.82) is 0 Å². The third-order valence-electron chi connectivity index (χ3n) is 1.89. The van der Waals surface area contributed by atoms with E-state index < -0.39 is 0 Å². The van der Waals surface area contributed by atoms with Crippen LogP contribution in [0.4, 0.5) is 5.69 Å². The monoisotopic (exact) mass is 187 g/mol. The summed E-state index contributed by atoms with van der Waals surface area (Å²) in [7, 11) is 0. The third-order valence-corrected chi connectivity index (χ3v) is 1.89. The first-order valence-corrected chi connectivity index (χ1v) is 4.06. The van der Waals surface area contributed by atoms with E-state index in [1.54, 1.807) is 0 Å². The summed E-state index contributed by atoms with van der Waals surface area (Å²) in [5.41, 5.74) is 9.07. The van der Waals surface area contributed by atoms with Crippen molar-refractivity contribution in [2.45, 2.75) is 26.7 Å². The zero-order chi connectivity index (χ0) is 8.27. The standard InChI is InChI=1S/C10H14N.K/c1-3-8-5-6-10(11)9(4-2)7-8;/h6-7H,3-4,11H2,1-2H3;/q-1;+1. The third kappa shape index (κ3) is 3.19. The van der Waals surface area contributed by atoms with Crippen LogP contribution in [-0.2, 0) is 12.8 Å². The van der Waals surface area contributed by atoms with Gasteiger partial charge in [-0.15, -0.1) is 5.56 Å². The van der Waals surface area contributed by atoms with Crippen LogP contribution in [0.1, 0.15) is 25.0 Å². The minimum atomic E-state index is 0. The molecule has 0 fully saturated rings. The fraction of sp³-hybridized carbons (Fsp3) is 0.400. The number of benzene rings is 1. The van der Waals surface area contributed by atoms with E-state index in [-0.39, 0.29) is 51.4 Å². The van der Waals surface area contributed by atoms with E-state index in [4.69, 9.17) is 5.73 Å². The molecule has 0 atom stereocenters. The number of hydrogen-bond donors (Lipinski definition) is 1. The largest absolute Gasteiger partial charge is 1.00 e. The molecule has 0 unspecified atom stereocenters. The Labute approximate surface area is 117 Å². The molecule has 2 N–H and O–H groups in total. The second-order valence-electron chi connectivity index (χ2n) is 2.65. The molecule has 0 saturated carbocycles. The SMILES string of the molecule is CCc1[c-]cc(N)c(CC)c1.[K+]. The van der Waals surface area contributed by atoms with Crippen LogP contribution in [0, 0.1) is 6.07 Å². The average Bonchev–Trinajstić information content (AvgIpc) is 2.05. The number of aryl methyl sites for hydroxylation is 2. The Bertz CT molecular complexity index is 246. The summed E-state index contributed by atoms with van der Waals surface area (Å²) in [4.78, 5) is 0. The summed E-state index contributed by atoms with van der Waals surface area (Å²) < 4.78 is 0. The van der Waals surface area contributed by atoms with Gasteiger partial charge in [-0.3, -0.25) is 0 Å². The Hall–Kier alpha value is 0.656. The zero-order valence-electron chi connectivity index (χ0n) is 8.15. The topological polar surface area (TPSA) is 26.0 Å². The van der Waals surface area contributed by atoms with Gasteiger partial charge in [0.15, 0.2) is 0 Å². The second-order valence-corrected chi connectivity index (χ2v) is 2.65. The fourth-order valence-corrected chi connectivity index (χ4v) is 1.11. The molecule has 0 saturated heterocycles. The zero-order valence-corrected chi connectivity index (χ0v) is 11.3. The Kier molecular flexibility index (Phi) is 6.50. The van der Waals surface area contributed by atoms with E-state index in [0.29, 0.717) is 0 Å². The molecule has 60 valence electrons. The smallest absolute Gasteiger partial charge is 0.449 e. The summed E-state index contributed by atoms with van der Waals surface area (Å²) in [5.74, 6) is 0. The number of hydrogen-bond acceptors (Lipinski definition) is 1. The molecule has 1 rings (SSSR count). The maximum absolute atomic E-state index is 5.72. The van der Waals surface area contributed by atoms with E-state index in [0.717, 1.165) is 18.5 Å². The first-order chi connectivity index (χ1) is 5.27. The second kappa shape index (κ2) is 6.16. The Morgan fingerprint density at radius 1 is 1.33 bits per heavy atom. The van der Waals surface area contributed by atoms with Gasteiger partial charge in [0.05, 0.1) is 0 Å². The summed E-state index contributed by atoms with van der Waals surface area (Å²) in [5, 5.41) is 0. The van der Waals surface area contributed by atoms with Crippen LogP contribution in [0.5, 0.6) is 0 Å². The maximum atomic E-state index is 5.72. The Morgan fingerprint density at radius 3 is 2.50 bits per heavy atom. The van der Waals surface area contributed by atoms with Crippen molar-refractivity contribution < 1.29 is 51.4 Å². The van der Waals surface area contributed by atoms with Gasteiger partial charge in [0.1, 0.15) is 0 Å². The predicted octanol–water partition coefficient (Wildman–Crippen LogP) is -0.802. The molecule has 0 bridgehead atoms. The van der Waals surface area contributed by atoms with Gasteiger partial charge < -0.3 is 5.73 Å². The van der Waals surface area contributed by atoms with Crippen LogP contribution in [0.25, 0.3) is 0 Å². The predicted molar refractivity (Wildman–Crippen MR) is 48.4 cm³/mol. The van der Waals surface area contributed by atoms with Crippen molar-refractivity contribution in [2.24, 2.45) is 0 Å². The van der Waals surface area contributed by atoms with Crippen LogP contribution in [-0.4, -0.2) is 0 Å². The number of anilines is 1. The van der Waals surface area contributed by atoms with Crippen LogP contribution >= 0.6 is 0 Å². The molecule has 12 heavy (non-hydrogen) atoms. The first kappa shape index (κ1) is 12.7. The van der Waals surface area contributed by atoms with Gasteiger partial charge in [0, 0.05) is 0 Å². The van der Waals surface area contributed by atoms with Crippen molar-refractivity contribution in [2.75, 3.05) is 5.73 Å². The molecular formula is C10H14KN. The van der Waals surface area contributed by atoms with Crippen molar-refractivity contribution in [1.82, 2.24) is 0 Å². The van der Waals surface area contributed by atoms with Gasteiger partial charge in [0.25, 0.3) is 0 Å². The summed E-state index contributed by atoms with van der Waals surface area (Å²) in [6.07, 6.45) is 2.04. The Morgan fingerprint density at radius 2 is 2.00 bits per heavy atom. The van der Waals surface area contributed by atoms with Gasteiger partial charge in [0.2, 0.25) is 0 Å². The van der Waals surface area contributed by atoms with Gasteiger partial charge in [-0.05, 0) is 0 Å². The molecule has 1 nitrogen and oxygen atoms in total. The molecule has 0 aliphatic rings. The van der Waals surface area contributed by atoms with E-state index in [9.17, 15) is 0 Å². The molecule has 0 amide bonds. The minimum Gasteiger partial charge on any atom is -0.449 e. The molecular weight excluding hydrogens is 173 g/mol. The number of rotatable bonds is 2. The molecule has 0 spiro atoms. The number of nitrogens with two attached hydrogens (primary N) is 1. The number of nitrogen functional groups attached to an aromatic ring is 1. The van der Waals surface area contributed by atoms with E-state index in [1.807, 2.05) is 6.07 Å². The van der Waals surface area contributed by atoms with Gasteiger partial charge >= 0.3 is 51.4 Å². The van der Waals surface area contributed by atoms with Gasteiger partial charge in [-0.1, -0.05) is 32.4 Å². The van der Waals surface area contributed by atoms with Crippen molar-refractivity contribution in [3.8, 4) is 0 Å². The summed E-state index contributed by atoms with van der Waals surface area (Å²) in [6.45, 7) is 4.24. The molecule has 0 radical (unpaired) electrons. The van der Waals surface area contributed by atoms with Crippen LogP contribution in [0.3, 0.4) is 0 Å². The molecule has 0 aliphatic heterocycles. The fourth-order valence-electron chi connectivity index (χ4n) is 1.11. The van der Waals surface area contributed by atoms with Crippen LogP contribution in [0.2, 0.25) is 0 Å². The van der Waals surface area contributed by atoms with Crippen molar-refractivity contribution in [3.05, 3.63) is 29.3 Å². The maximum Gasteiger partial charge on any atom is 1.00 e.